The highest BCUT2D eigenvalue weighted by molar-refractivity contribution is 5.45. The van der Waals surface area contributed by atoms with Gasteiger partial charge in [0.2, 0.25) is 0 Å². The predicted molar refractivity (Wildman–Crippen MR) is 54.2 cm³/mol. The van der Waals surface area contributed by atoms with Crippen molar-refractivity contribution >= 4 is 12.2 Å². The van der Waals surface area contributed by atoms with E-state index in [1.807, 2.05) is 13.0 Å². The SMILES string of the molecule is CC1=CC=c2c(=O)[nH][nH]c(=O)c2=CC1. The minimum Gasteiger partial charge on any atom is -0.267 e. The fourth-order valence-electron chi connectivity index (χ4n) is 1.42. The van der Waals surface area contributed by atoms with E-state index in [0.717, 1.165) is 5.57 Å². The summed E-state index contributed by atoms with van der Waals surface area (Å²) in [5, 5.41) is 5.50. The summed E-state index contributed by atoms with van der Waals surface area (Å²) in [7, 11) is 0. The van der Waals surface area contributed by atoms with Crippen molar-refractivity contribution in [3.63, 3.8) is 0 Å². The van der Waals surface area contributed by atoms with Crippen LogP contribution in [0.5, 0.6) is 0 Å². The predicted octanol–water partition coefficient (Wildman–Crippen LogP) is -1.03. The van der Waals surface area contributed by atoms with Gasteiger partial charge in [-0.05, 0) is 19.4 Å². The molecular weight excluding hydrogens is 180 g/mol. The first kappa shape index (κ1) is 8.74. The Morgan fingerprint density at radius 1 is 1.07 bits per heavy atom. The van der Waals surface area contributed by atoms with Crippen LogP contribution in [0.1, 0.15) is 13.3 Å². The Labute approximate surface area is 79.3 Å². The summed E-state index contributed by atoms with van der Waals surface area (Å²) in [6, 6.07) is 0. The molecule has 1 aliphatic carbocycles. The number of aromatic amines is 2. The standard InChI is InChI=1S/C10H10N2O2/c1-6-2-4-7-8(5-3-6)10(14)12-11-9(7)13/h2,4-5H,3H2,1H3,(H,11,13)(H,12,14). The highest BCUT2D eigenvalue weighted by Gasteiger charge is 1.99. The van der Waals surface area contributed by atoms with E-state index in [0.29, 0.717) is 16.9 Å². The minimum atomic E-state index is -0.262. The van der Waals surface area contributed by atoms with Gasteiger partial charge in [-0.15, -0.1) is 0 Å². The molecule has 2 N–H and O–H groups in total. The van der Waals surface area contributed by atoms with E-state index in [9.17, 15) is 9.59 Å². The molecule has 0 radical (unpaired) electrons. The van der Waals surface area contributed by atoms with Crippen LogP contribution < -0.4 is 21.6 Å². The van der Waals surface area contributed by atoms with Crippen LogP contribution >= 0.6 is 0 Å². The van der Waals surface area contributed by atoms with Crippen LogP contribution in [-0.2, 0) is 0 Å². The van der Waals surface area contributed by atoms with Gasteiger partial charge in [-0.25, -0.2) is 0 Å². The van der Waals surface area contributed by atoms with Crippen LogP contribution in [0, 0.1) is 0 Å². The van der Waals surface area contributed by atoms with Gasteiger partial charge in [-0.1, -0.05) is 17.7 Å². The molecule has 1 heterocycles. The first-order valence-electron chi connectivity index (χ1n) is 4.37. The van der Waals surface area contributed by atoms with Crippen molar-refractivity contribution in [1.29, 1.82) is 0 Å². The van der Waals surface area contributed by atoms with Gasteiger partial charge in [0.1, 0.15) is 0 Å². The highest BCUT2D eigenvalue weighted by Crippen LogP contribution is 2.00. The van der Waals surface area contributed by atoms with E-state index in [1.54, 1.807) is 12.2 Å². The number of H-pyrrole nitrogens is 2. The quantitative estimate of drug-likeness (QED) is 0.549. The van der Waals surface area contributed by atoms with Gasteiger partial charge in [0.05, 0.1) is 10.4 Å². The van der Waals surface area contributed by atoms with Gasteiger partial charge in [-0.3, -0.25) is 19.8 Å². The van der Waals surface area contributed by atoms with Gasteiger partial charge in [0.15, 0.2) is 0 Å². The first-order valence-corrected chi connectivity index (χ1v) is 4.37. The molecule has 0 atom stereocenters. The smallest absolute Gasteiger partial charge is 0.267 e. The molecule has 0 saturated heterocycles. The van der Waals surface area contributed by atoms with Crippen molar-refractivity contribution < 1.29 is 0 Å². The molecule has 0 spiro atoms. The normalized spacial score (nSPS) is 14.5. The Bertz CT molecular complexity index is 617. The van der Waals surface area contributed by atoms with Crippen molar-refractivity contribution in [2.75, 3.05) is 0 Å². The fourth-order valence-corrected chi connectivity index (χ4v) is 1.42. The lowest BCUT2D eigenvalue weighted by Crippen LogP contribution is -2.50. The van der Waals surface area contributed by atoms with Gasteiger partial charge in [0.25, 0.3) is 11.1 Å². The Balaban J connectivity index is 3.00. The lowest BCUT2D eigenvalue weighted by Gasteiger charge is -1.88. The van der Waals surface area contributed by atoms with Crippen molar-refractivity contribution in [3.8, 4) is 0 Å². The zero-order chi connectivity index (χ0) is 10.1. The number of fused-ring (bicyclic) bond motifs is 1. The van der Waals surface area contributed by atoms with E-state index in [2.05, 4.69) is 10.2 Å². The molecule has 0 aliphatic heterocycles. The van der Waals surface area contributed by atoms with Gasteiger partial charge >= 0.3 is 0 Å². The summed E-state index contributed by atoms with van der Waals surface area (Å²) < 4.78 is 0. The molecule has 14 heavy (non-hydrogen) atoms. The molecule has 0 saturated carbocycles. The van der Waals surface area contributed by atoms with E-state index in [-0.39, 0.29) is 11.1 Å². The first-order chi connectivity index (χ1) is 6.68. The van der Waals surface area contributed by atoms with E-state index >= 15 is 0 Å². The lowest BCUT2D eigenvalue weighted by molar-refractivity contribution is 0.923. The molecule has 4 nitrogen and oxygen atoms in total. The van der Waals surface area contributed by atoms with Gasteiger partial charge < -0.3 is 0 Å². The van der Waals surface area contributed by atoms with Crippen LogP contribution in [0.15, 0.2) is 21.2 Å². The molecule has 1 aliphatic rings. The number of allylic oxidation sites excluding steroid dienone is 2. The Morgan fingerprint density at radius 3 is 2.43 bits per heavy atom. The maximum absolute atomic E-state index is 11.4. The van der Waals surface area contributed by atoms with Crippen molar-refractivity contribution in [3.05, 3.63) is 42.8 Å². The third-order valence-electron chi connectivity index (χ3n) is 2.23. The molecule has 1 aromatic rings. The van der Waals surface area contributed by atoms with Crippen LogP contribution in [0.4, 0.5) is 0 Å². The summed E-state index contributed by atoms with van der Waals surface area (Å²) in [4.78, 5) is 22.7. The summed E-state index contributed by atoms with van der Waals surface area (Å²) in [6.45, 7) is 1.96. The summed E-state index contributed by atoms with van der Waals surface area (Å²) in [5.41, 5.74) is 0.612. The number of rotatable bonds is 0. The molecule has 4 heteroatoms. The van der Waals surface area contributed by atoms with Crippen molar-refractivity contribution in [2.24, 2.45) is 0 Å². The minimum absolute atomic E-state index is 0.251. The Kier molecular flexibility index (Phi) is 1.96. The topological polar surface area (TPSA) is 65.7 Å². The Hall–Kier alpha value is -1.84. The van der Waals surface area contributed by atoms with E-state index in [1.165, 1.54) is 0 Å². The Morgan fingerprint density at radius 2 is 1.71 bits per heavy atom. The summed E-state index contributed by atoms with van der Waals surface area (Å²) >= 11 is 0. The van der Waals surface area contributed by atoms with Crippen LogP contribution in [-0.4, -0.2) is 10.2 Å². The zero-order valence-corrected chi connectivity index (χ0v) is 7.76. The molecular formula is C10H10N2O2. The van der Waals surface area contributed by atoms with E-state index < -0.39 is 0 Å². The molecule has 0 amide bonds. The van der Waals surface area contributed by atoms with Crippen LogP contribution in [0.25, 0.3) is 12.2 Å². The van der Waals surface area contributed by atoms with Crippen molar-refractivity contribution in [2.45, 2.75) is 13.3 Å². The number of hydrogen-bond acceptors (Lipinski definition) is 2. The molecule has 0 unspecified atom stereocenters. The number of nitrogens with one attached hydrogen (secondary N) is 2. The fraction of sp³-hybridized carbons (Fsp3) is 0.200. The second-order valence-electron chi connectivity index (χ2n) is 3.32. The molecule has 2 rings (SSSR count). The number of hydrogen-bond donors (Lipinski definition) is 2. The summed E-state index contributed by atoms with van der Waals surface area (Å²) in [5.74, 6) is 0. The van der Waals surface area contributed by atoms with Gasteiger partial charge in [0, 0.05) is 0 Å². The third-order valence-corrected chi connectivity index (χ3v) is 2.23. The molecule has 1 aromatic heterocycles. The van der Waals surface area contributed by atoms with E-state index in [4.69, 9.17) is 0 Å². The summed E-state index contributed by atoms with van der Waals surface area (Å²) in [6.07, 6.45) is 6.02. The van der Waals surface area contributed by atoms with Gasteiger partial charge in [-0.2, -0.15) is 0 Å². The lowest BCUT2D eigenvalue weighted by atomic mass is 10.2. The monoisotopic (exact) mass is 190 g/mol. The highest BCUT2D eigenvalue weighted by atomic mass is 16.1. The average molecular weight is 190 g/mol. The zero-order valence-electron chi connectivity index (χ0n) is 7.76. The van der Waals surface area contributed by atoms with Crippen LogP contribution in [0.3, 0.4) is 0 Å². The maximum Gasteiger partial charge on any atom is 0.270 e. The number of aromatic nitrogens is 2. The van der Waals surface area contributed by atoms with Crippen LogP contribution in [0.2, 0.25) is 0 Å². The van der Waals surface area contributed by atoms with Crippen molar-refractivity contribution in [1.82, 2.24) is 10.2 Å². The average Bonchev–Trinajstić information content (AvgIpc) is 2.35. The molecule has 0 fully saturated rings. The molecule has 0 bridgehead atoms. The third kappa shape index (κ3) is 1.35. The second-order valence-corrected chi connectivity index (χ2v) is 3.32. The second kappa shape index (κ2) is 3.14. The largest absolute Gasteiger partial charge is 0.270 e. The molecule has 72 valence electrons. The molecule has 0 aromatic carbocycles. The maximum atomic E-state index is 11.4.